The second-order valence-electron chi connectivity index (χ2n) is 19.9. The van der Waals surface area contributed by atoms with Gasteiger partial charge in [-0.15, -0.1) is 0 Å². The van der Waals surface area contributed by atoms with Crippen LogP contribution in [0.2, 0.25) is 0 Å². The van der Waals surface area contributed by atoms with E-state index in [4.69, 9.17) is 0 Å². The number of rotatable bonds is 9. The van der Waals surface area contributed by atoms with E-state index < -0.39 is 16.2 Å². The fourth-order valence-corrected chi connectivity index (χ4v) is 11.4. The van der Waals surface area contributed by atoms with Crippen LogP contribution in [0.15, 0.2) is 218 Å². The van der Waals surface area contributed by atoms with Crippen LogP contribution in [-0.4, -0.2) is 0 Å². The van der Waals surface area contributed by atoms with Crippen molar-refractivity contribution >= 4 is 68.2 Å². The van der Waals surface area contributed by atoms with Crippen LogP contribution in [0.4, 0.5) is 68.2 Å². The van der Waals surface area contributed by atoms with Crippen LogP contribution in [0.5, 0.6) is 0 Å². The van der Waals surface area contributed by atoms with Crippen molar-refractivity contribution < 1.29 is 0 Å². The maximum Gasteiger partial charge on any atom is 0.0545 e. The lowest BCUT2D eigenvalue weighted by Crippen LogP contribution is -2.44. The van der Waals surface area contributed by atoms with Crippen LogP contribution in [0.3, 0.4) is 0 Å². The van der Waals surface area contributed by atoms with Gasteiger partial charge in [-0.05, 0) is 143 Å². The standard InChI is InChI=1S/C63H54N4/c1-61(2)52-37-49(64(43-25-13-7-14-26-43)44-27-15-8-16-28-44)39-54-58(52)67-59-53(61)38-50(65(45-29-17-9-18-30-45)46-31-19-10-20-32-46)40-55(59)63(5,6)57-42-51(41-56(60(57)67)62(54,3)4)66(47-33-21-11-22-34-47)48-35-23-12-24-36-48/h7-42H,1-6H3. The number of nitrogens with zero attached hydrogens (tertiary/aromatic N) is 4. The average molecular weight is 867 g/mol. The molecule has 9 aromatic rings. The molecular weight excluding hydrogens is 813 g/mol. The van der Waals surface area contributed by atoms with Gasteiger partial charge in [0.1, 0.15) is 0 Å². The number of benzene rings is 9. The Labute approximate surface area is 395 Å². The fraction of sp³-hybridized carbons (Fsp3) is 0.143. The lowest BCUT2D eigenvalue weighted by Gasteiger charge is -2.55. The molecule has 0 aromatic heterocycles. The van der Waals surface area contributed by atoms with Crippen molar-refractivity contribution in [3.8, 4) is 0 Å². The Balaban J connectivity index is 1.20. The smallest absolute Gasteiger partial charge is 0.0545 e. The third-order valence-electron chi connectivity index (χ3n) is 14.9. The summed E-state index contributed by atoms with van der Waals surface area (Å²) >= 11 is 0. The molecule has 9 aromatic carbocycles. The predicted molar refractivity (Wildman–Crippen MR) is 282 cm³/mol. The molecule has 0 saturated carbocycles. The van der Waals surface area contributed by atoms with Crippen LogP contribution >= 0.6 is 0 Å². The highest BCUT2D eigenvalue weighted by atomic mass is 15.2. The van der Waals surface area contributed by atoms with Gasteiger partial charge in [-0.25, -0.2) is 0 Å². The van der Waals surface area contributed by atoms with Crippen molar-refractivity contribution in [2.24, 2.45) is 0 Å². The lowest BCUT2D eigenvalue weighted by molar-refractivity contribution is 0.567. The van der Waals surface area contributed by atoms with Crippen molar-refractivity contribution in [2.75, 3.05) is 19.6 Å². The van der Waals surface area contributed by atoms with Crippen molar-refractivity contribution in [3.05, 3.63) is 252 Å². The van der Waals surface area contributed by atoms with E-state index in [1.165, 1.54) is 50.4 Å². The Morgan fingerprint density at radius 1 is 0.239 bits per heavy atom. The minimum absolute atomic E-state index is 0.396. The van der Waals surface area contributed by atoms with E-state index in [0.717, 1.165) is 51.2 Å². The topological polar surface area (TPSA) is 13.0 Å². The van der Waals surface area contributed by atoms with Gasteiger partial charge in [-0.3, -0.25) is 0 Å². The van der Waals surface area contributed by atoms with Crippen LogP contribution in [0.1, 0.15) is 74.9 Å². The molecule has 67 heavy (non-hydrogen) atoms. The SMILES string of the molecule is CC1(C)c2cc(N(c3ccccc3)c3ccccc3)cc3c2N2c4c1cc(N(c1ccccc1)c1ccccc1)cc4C(C)(C)c1cc(N(c4ccccc4)c4ccccc4)cc(c12)C3(C)C. The molecule has 0 unspecified atom stereocenters. The quantitative estimate of drug-likeness (QED) is 0.143. The fourth-order valence-electron chi connectivity index (χ4n) is 11.4. The van der Waals surface area contributed by atoms with Gasteiger partial charge in [0, 0.05) is 67.4 Å². The maximum atomic E-state index is 2.69. The van der Waals surface area contributed by atoms with Crippen molar-refractivity contribution in [1.82, 2.24) is 0 Å². The van der Waals surface area contributed by atoms with Crippen LogP contribution in [0.25, 0.3) is 0 Å². The van der Waals surface area contributed by atoms with Gasteiger partial charge < -0.3 is 19.6 Å². The summed E-state index contributed by atoms with van der Waals surface area (Å²) in [6.45, 7) is 14.7. The molecule has 12 rings (SSSR count). The molecule has 3 heterocycles. The lowest BCUT2D eigenvalue weighted by atomic mass is 9.60. The number of para-hydroxylation sites is 6. The zero-order valence-electron chi connectivity index (χ0n) is 39.1. The van der Waals surface area contributed by atoms with Crippen molar-refractivity contribution in [1.29, 1.82) is 0 Å². The van der Waals surface area contributed by atoms with E-state index >= 15 is 0 Å². The van der Waals surface area contributed by atoms with Crippen LogP contribution < -0.4 is 19.6 Å². The van der Waals surface area contributed by atoms with Gasteiger partial charge in [0.2, 0.25) is 0 Å². The van der Waals surface area contributed by atoms with Crippen LogP contribution in [0, 0.1) is 0 Å². The summed E-state index contributed by atoms with van der Waals surface area (Å²) in [4.78, 5) is 10.0. The molecule has 4 heteroatoms. The number of hydrogen-bond donors (Lipinski definition) is 0. The van der Waals surface area contributed by atoms with Crippen molar-refractivity contribution in [3.63, 3.8) is 0 Å². The minimum atomic E-state index is -0.396. The first-order valence-electron chi connectivity index (χ1n) is 23.6. The summed E-state index contributed by atoms with van der Waals surface area (Å²) in [6.07, 6.45) is 0. The first-order valence-corrected chi connectivity index (χ1v) is 23.6. The van der Waals surface area contributed by atoms with E-state index in [9.17, 15) is 0 Å². The zero-order valence-corrected chi connectivity index (χ0v) is 39.1. The third-order valence-corrected chi connectivity index (χ3v) is 14.9. The van der Waals surface area contributed by atoms with Gasteiger partial charge >= 0.3 is 0 Å². The largest absolute Gasteiger partial charge is 0.310 e. The molecule has 0 saturated heterocycles. The van der Waals surface area contributed by atoms with E-state index in [0.29, 0.717) is 0 Å². The summed E-state index contributed by atoms with van der Waals surface area (Å²) in [5.74, 6) is 0. The first kappa shape index (κ1) is 40.7. The van der Waals surface area contributed by atoms with Gasteiger partial charge in [0.25, 0.3) is 0 Å². The molecule has 0 N–H and O–H groups in total. The minimum Gasteiger partial charge on any atom is -0.310 e. The van der Waals surface area contributed by atoms with Gasteiger partial charge in [-0.1, -0.05) is 151 Å². The molecule has 0 fully saturated rings. The molecule has 0 bridgehead atoms. The van der Waals surface area contributed by atoms with Gasteiger partial charge in [0.15, 0.2) is 0 Å². The van der Waals surface area contributed by atoms with Crippen LogP contribution in [-0.2, 0) is 16.2 Å². The van der Waals surface area contributed by atoms with Gasteiger partial charge in [-0.2, -0.15) is 0 Å². The van der Waals surface area contributed by atoms with E-state index in [1.807, 2.05) is 0 Å². The summed E-state index contributed by atoms with van der Waals surface area (Å²) in [5, 5.41) is 0. The molecule has 0 atom stereocenters. The number of hydrogen-bond acceptors (Lipinski definition) is 4. The molecule has 3 aliphatic rings. The van der Waals surface area contributed by atoms with E-state index in [-0.39, 0.29) is 0 Å². The highest BCUT2D eigenvalue weighted by Crippen LogP contribution is 2.68. The first-order chi connectivity index (χ1) is 32.5. The van der Waals surface area contributed by atoms with Crippen molar-refractivity contribution in [2.45, 2.75) is 57.8 Å². The molecule has 3 aliphatic heterocycles. The second kappa shape index (κ2) is 15.1. The number of anilines is 12. The highest BCUT2D eigenvalue weighted by molar-refractivity contribution is 6.02. The Morgan fingerprint density at radius 3 is 0.567 bits per heavy atom. The summed E-state index contributed by atoms with van der Waals surface area (Å²) in [6, 6.07) is 80.1. The molecule has 0 radical (unpaired) electrons. The molecule has 0 spiro atoms. The average Bonchev–Trinajstić information content (AvgIpc) is 3.36. The Morgan fingerprint density at radius 2 is 0.403 bits per heavy atom. The van der Waals surface area contributed by atoms with Gasteiger partial charge in [0.05, 0.1) is 17.1 Å². The molecule has 0 amide bonds. The molecule has 326 valence electrons. The second-order valence-corrected chi connectivity index (χ2v) is 19.9. The van der Waals surface area contributed by atoms with E-state index in [2.05, 4.69) is 280 Å². The third kappa shape index (κ3) is 6.19. The Kier molecular flexibility index (Phi) is 9.18. The molecule has 0 aliphatic carbocycles. The summed E-state index contributed by atoms with van der Waals surface area (Å²) < 4.78 is 0. The van der Waals surface area contributed by atoms with E-state index in [1.54, 1.807) is 0 Å². The zero-order chi connectivity index (χ0) is 45.7. The normalized spacial score (nSPS) is 15.0. The maximum absolute atomic E-state index is 2.69. The molecular formula is C63H54N4. The highest BCUT2D eigenvalue weighted by Gasteiger charge is 2.53. The predicted octanol–water partition coefficient (Wildman–Crippen LogP) is 17.5. The summed E-state index contributed by atoms with van der Waals surface area (Å²) in [7, 11) is 0. The Hall–Kier alpha value is -7.82. The molecule has 4 nitrogen and oxygen atoms in total. The monoisotopic (exact) mass is 866 g/mol. The Bertz CT molecular complexity index is 2750. The summed E-state index contributed by atoms with van der Waals surface area (Å²) in [5.41, 5.74) is 20.9.